The van der Waals surface area contributed by atoms with Crippen molar-refractivity contribution in [1.29, 1.82) is 0 Å². The molecule has 1 saturated heterocycles. The summed E-state index contributed by atoms with van der Waals surface area (Å²) in [6.07, 6.45) is 5.97. The van der Waals surface area contributed by atoms with Gasteiger partial charge in [-0.1, -0.05) is 26.7 Å². The molecule has 0 aromatic carbocycles. The lowest BCUT2D eigenvalue weighted by molar-refractivity contribution is 0.544. The smallest absolute Gasteiger partial charge is 0.243 e. The number of hydrazine groups is 1. The maximum Gasteiger partial charge on any atom is 0.243 e. The third kappa shape index (κ3) is 5.00. The second kappa shape index (κ2) is 7.97. The molecule has 1 aromatic heterocycles. The molecule has 1 aliphatic rings. The number of hydrogen-bond donors (Lipinski definition) is 3. The number of unbranched alkanes of at least 4 members (excludes halogenated alkanes) is 1. The Kier molecular flexibility index (Phi) is 5.98. The Morgan fingerprint density at radius 1 is 1.10 bits per heavy atom. The summed E-state index contributed by atoms with van der Waals surface area (Å²) in [5.74, 6) is 7.93. The minimum absolute atomic E-state index is 0.414. The Morgan fingerprint density at radius 2 is 1.81 bits per heavy atom. The van der Waals surface area contributed by atoms with Gasteiger partial charge in [-0.3, -0.25) is 5.43 Å². The Hall–Kier alpha value is -1.63. The molecule has 0 saturated carbocycles. The number of aromatic nitrogens is 3. The summed E-state index contributed by atoms with van der Waals surface area (Å²) in [7, 11) is 0. The van der Waals surface area contributed by atoms with E-state index in [0.717, 1.165) is 32.0 Å². The Morgan fingerprint density at radius 3 is 2.48 bits per heavy atom. The molecule has 7 heteroatoms. The van der Waals surface area contributed by atoms with Crippen LogP contribution in [0.4, 0.5) is 17.8 Å². The van der Waals surface area contributed by atoms with Gasteiger partial charge in [0.05, 0.1) is 0 Å². The molecule has 21 heavy (non-hydrogen) atoms. The maximum absolute atomic E-state index is 5.45. The van der Waals surface area contributed by atoms with Gasteiger partial charge in [0.1, 0.15) is 0 Å². The third-order valence-corrected chi connectivity index (χ3v) is 3.63. The van der Waals surface area contributed by atoms with E-state index in [1.807, 2.05) is 0 Å². The molecular formula is C14H27N7. The molecule has 0 bridgehead atoms. The van der Waals surface area contributed by atoms with E-state index >= 15 is 0 Å². The lowest BCUT2D eigenvalue weighted by Crippen LogP contribution is -2.23. The number of anilines is 3. The molecular weight excluding hydrogens is 266 g/mol. The van der Waals surface area contributed by atoms with E-state index in [-0.39, 0.29) is 0 Å². The van der Waals surface area contributed by atoms with Crippen molar-refractivity contribution in [3.63, 3.8) is 0 Å². The first-order chi connectivity index (χ1) is 10.2. The first-order valence-electron chi connectivity index (χ1n) is 7.90. The molecule has 4 N–H and O–H groups in total. The predicted octanol–water partition coefficient (Wildman–Crippen LogP) is 2.00. The number of hydrogen-bond acceptors (Lipinski definition) is 7. The largest absolute Gasteiger partial charge is 0.354 e. The van der Waals surface area contributed by atoms with Crippen molar-refractivity contribution in [2.75, 3.05) is 35.3 Å². The predicted molar refractivity (Wildman–Crippen MR) is 86.3 cm³/mol. The van der Waals surface area contributed by atoms with Crippen molar-refractivity contribution in [2.45, 2.75) is 46.0 Å². The summed E-state index contributed by atoms with van der Waals surface area (Å²) < 4.78 is 0. The van der Waals surface area contributed by atoms with Gasteiger partial charge < -0.3 is 10.2 Å². The van der Waals surface area contributed by atoms with Crippen LogP contribution in [0.5, 0.6) is 0 Å². The van der Waals surface area contributed by atoms with Crippen LogP contribution in [-0.4, -0.2) is 34.6 Å². The van der Waals surface area contributed by atoms with Crippen molar-refractivity contribution in [2.24, 2.45) is 11.8 Å². The summed E-state index contributed by atoms with van der Waals surface area (Å²) in [4.78, 5) is 15.3. The van der Waals surface area contributed by atoms with Gasteiger partial charge in [0.25, 0.3) is 0 Å². The van der Waals surface area contributed by atoms with Crippen LogP contribution in [0.25, 0.3) is 0 Å². The zero-order valence-corrected chi connectivity index (χ0v) is 13.1. The van der Waals surface area contributed by atoms with Gasteiger partial charge in [-0.2, -0.15) is 15.0 Å². The van der Waals surface area contributed by atoms with Crippen molar-refractivity contribution in [3.8, 4) is 0 Å². The molecule has 7 nitrogen and oxygen atoms in total. The average Bonchev–Trinajstić information content (AvgIpc) is 3.00. The maximum atomic E-state index is 5.45. The molecule has 0 aliphatic carbocycles. The molecule has 0 atom stereocenters. The molecule has 2 rings (SSSR count). The molecule has 1 aliphatic heterocycles. The van der Waals surface area contributed by atoms with Crippen molar-refractivity contribution in [3.05, 3.63) is 0 Å². The van der Waals surface area contributed by atoms with Crippen LogP contribution in [0.15, 0.2) is 0 Å². The van der Waals surface area contributed by atoms with Crippen LogP contribution in [0.2, 0.25) is 0 Å². The summed E-state index contributed by atoms with van der Waals surface area (Å²) in [6.45, 7) is 7.38. The SMILES string of the molecule is CC(C)CCCCNc1nc(NN)nc(N2CCCC2)n1. The summed E-state index contributed by atoms with van der Waals surface area (Å²) in [5, 5.41) is 3.27. The quantitative estimate of drug-likeness (QED) is 0.383. The minimum Gasteiger partial charge on any atom is -0.354 e. The van der Waals surface area contributed by atoms with Gasteiger partial charge >= 0.3 is 0 Å². The number of nitrogens with one attached hydrogen (secondary N) is 2. The molecule has 0 unspecified atom stereocenters. The van der Waals surface area contributed by atoms with E-state index in [9.17, 15) is 0 Å². The Labute approximate surface area is 126 Å². The molecule has 2 heterocycles. The normalized spacial score (nSPS) is 14.8. The zero-order valence-electron chi connectivity index (χ0n) is 13.1. The Balaban J connectivity index is 1.90. The van der Waals surface area contributed by atoms with Crippen molar-refractivity contribution >= 4 is 17.8 Å². The minimum atomic E-state index is 0.414. The standard InChI is InChI=1S/C14H27N7/c1-11(2)7-3-4-8-16-12-17-13(20-15)19-14(18-12)21-9-5-6-10-21/h11H,3-10,15H2,1-2H3,(H2,16,17,18,19,20). The molecule has 0 amide bonds. The number of rotatable bonds is 8. The summed E-state index contributed by atoms with van der Waals surface area (Å²) in [5.41, 5.74) is 2.52. The molecule has 1 fully saturated rings. The van der Waals surface area contributed by atoms with Crippen molar-refractivity contribution in [1.82, 2.24) is 15.0 Å². The first kappa shape index (κ1) is 15.8. The van der Waals surface area contributed by atoms with Crippen LogP contribution in [-0.2, 0) is 0 Å². The molecule has 1 aromatic rings. The van der Waals surface area contributed by atoms with Gasteiger partial charge in [0.15, 0.2) is 0 Å². The van der Waals surface area contributed by atoms with Crippen LogP contribution in [0.3, 0.4) is 0 Å². The average molecular weight is 293 g/mol. The van der Waals surface area contributed by atoms with E-state index in [4.69, 9.17) is 5.84 Å². The van der Waals surface area contributed by atoms with Gasteiger partial charge in [0, 0.05) is 19.6 Å². The third-order valence-electron chi connectivity index (χ3n) is 3.63. The lowest BCUT2D eigenvalue weighted by atomic mass is 10.1. The molecule has 0 radical (unpaired) electrons. The van der Waals surface area contributed by atoms with E-state index < -0.39 is 0 Å². The number of nitrogen functional groups attached to an aromatic ring is 1. The second-order valence-corrected chi connectivity index (χ2v) is 5.94. The van der Waals surface area contributed by atoms with Gasteiger partial charge in [-0.05, 0) is 25.2 Å². The lowest BCUT2D eigenvalue weighted by Gasteiger charge is -2.16. The number of nitrogens with two attached hydrogens (primary N) is 1. The highest BCUT2D eigenvalue weighted by molar-refractivity contribution is 5.43. The van der Waals surface area contributed by atoms with Gasteiger partial charge in [-0.15, -0.1) is 0 Å². The monoisotopic (exact) mass is 293 g/mol. The van der Waals surface area contributed by atoms with Crippen LogP contribution >= 0.6 is 0 Å². The summed E-state index contributed by atoms with van der Waals surface area (Å²) in [6, 6.07) is 0. The van der Waals surface area contributed by atoms with Crippen LogP contribution in [0.1, 0.15) is 46.0 Å². The van der Waals surface area contributed by atoms with Crippen LogP contribution < -0.4 is 21.5 Å². The van der Waals surface area contributed by atoms with Crippen LogP contribution in [0, 0.1) is 5.92 Å². The van der Waals surface area contributed by atoms with E-state index in [1.165, 1.54) is 25.7 Å². The van der Waals surface area contributed by atoms with E-state index in [1.54, 1.807) is 0 Å². The summed E-state index contributed by atoms with van der Waals surface area (Å²) >= 11 is 0. The van der Waals surface area contributed by atoms with E-state index in [0.29, 0.717) is 17.8 Å². The fourth-order valence-corrected chi connectivity index (χ4v) is 2.44. The van der Waals surface area contributed by atoms with Gasteiger partial charge in [-0.25, -0.2) is 5.84 Å². The van der Waals surface area contributed by atoms with Crippen molar-refractivity contribution < 1.29 is 0 Å². The second-order valence-electron chi connectivity index (χ2n) is 5.94. The molecule has 118 valence electrons. The van der Waals surface area contributed by atoms with Gasteiger partial charge in [0.2, 0.25) is 17.8 Å². The molecule has 0 spiro atoms. The highest BCUT2D eigenvalue weighted by atomic mass is 15.4. The number of nitrogens with zero attached hydrogens (tertiary/aromatic N) is 4. The fourth-order valence-electron chi connectivity index (χ4n) is 2.44. The topological polar surface area (TPSA) is 92.0 Å². The highest BCUT2D eigenvalue weighted by Crippen LogP contribution is 2.18. The highest BCUT2D eigenvalue weighted by Gasteiger charge is 2.17. The Bertz CT molecular complexity index is 429. The fraction of sp³-hybridized carbons (Fsp3) is 0.786. The van der Waals surface area contributed by atoms with E-state index in [2.05, 4.69) is 44.4 Å². The first-order valence-corrected chi connectivity index (χ1v) is 7.90. The zero-order chi connectivity index (χ0) is 15.1.